The Hall–Kier alpha value is -3.13. The zero-order valence-corrected chi connectivity index (χ0v) is 17.9. The maximum atomic E-state index is 12.6. The highest BCUT2D eigenvalue weighted by Crippen LogP contribution is 2.24. The van der Waals surface area contributed by atoms with Crippen LogP contribution in [0.1, 0.15) is 54.9 Å². The summed E-state index contributed by atoms with van der Waals surface area (Å²) in [6, 6.07) is 10.7. The minimum atomic E-state index is -0.279. The van der Waals surface area contributed by atoms with Gasteiger partial charge in [0.1, 0.15) is 5.82 Å². The molecular formula is C23H31N5O3. The summed E-state index contributed by atoms with van der Waals surface area (Å²) in [6.45, 7) is 3.63. The van der Waals surface area contributed by atoms with Gasteiger partial charge in [-0.1, -0.05) is 31.9 Å². The Balaban J connectivity index is 1.54. The molecule has 0 bridgehead atoms. The predicted octanol–water partition coefficient (Wildman–Crippen LogP) is 4.08. The van der Waals surface area contributed by atoms with Crippen molar-refractivity contribution in [1.82, 2.24) is 15.8 Å². The van der Waals surface area contributed by atoms with E-state index in [4.69, 9.17) is 4.84 Å². The number of aromatic nitrogens is 1. The van der Waals surface area contributed by atoms with E-state index in [0.29, 0.717) is 42.7 Å². The summed E-state index contributed by atoms with van der Waals surface area (Å²) < 4.78 is 0. The Morgan fingerprint density at radius 2 is 1.97 bits per heavy atom. The Labute approximate surface area is 183 Å². The lowest BCUT2D eigenvalue weighted by Gasteiger charge is -2.14. The lowest BCUT2D eigenvalue weighted by molar-refractivity contribution is 0.0172. The van der Waals surface area contributed by atoms with Gasteiger partial charge >= 0.3 is 6.03 Å². The molecule has 8 heteroatoms. The summed E-state index contributed by atoms with van der Waals surface area (Å²) in [6.07, 6.45) is 7.31. The molecule has 1 heterocycles. The number of rotatable bonds is 10. The summed E-state index contributed by atoms with van der Waals surface area (Å²) in [4.78, 5) is 34.0. The second-order valence-corrected chi connectivity index (χ2v) is 7.72. The minimum Gasteiger partial charge on any atom is -0.380 e. The van der Waals surface area contributed by atoms with Crippen molar-refractivity contribution in [1.29, 1.82) is 0 Å². The molecule has 2 aromatic rings. The number of carbonyl (C=O) groups is 2. The van der Waals surface area contributed by atoms with Crippen molar-refractivity contribution in [2.24, 2.45) is 5.92 Å². The number of carbonyl (C=O) groups excluding carboxylic acids is 2. The van der Waals surface area contributed by atoms with E-state index < -0.39 is 0 Å². The van der Waals surface area contributed by atoms with Crippen LogP contribution in [0.25, 0.3) is 0 Å². The van der Waals surface area contributed by atoms with Crippen LogP contribution in [-0.4, -0.2) is 30.1 Å². The second kappa shape index (κ2) is 11.9. The van der Waals surface area contributed by atoms with E-state index in [9.17, 15) is 9.59 Å². The van der Waals surface area contributed by atoms with E-state index >= 15 is 0 Å². The van der Waals surface area contributed by atoms with Crippen molar-refractivity contribution in [3.8, 4) is 0 Å². The lowest BCUT2D eigenvalue weighted by atomic mass is 10.1. The number of para-hydroxylation sites is 1. The molecule has 1 aromatic heterocycles. The van der Waals surface area contributed by atoms with Crippen LogP contribution >= 0.6 is 0 Å². The van der Waals surface area contributed by atoms with Crippen molar-refractivity contribution in [2.75, 3.05) is 23.8 Å². The van der Waals surface area contributed by atoms with Gasteiger partial charge in [0.15, 0.2) is 0 Å². The van der Waals surface area contributed by atoms with Gasteiger partial charge in [0.2, 0.25) is 0 Å². The van der Waals surface area contributed by atoms with E-state index in [1.165, 1.54) is 12.8 Å². The van der Waals surface area contributed by atoms with E-state index in [2.05, 4.69) is 26.4 Å². The van der Waals surface area contributed by atoms with Gasteiger partial charge in [-0.25, -0.2) is 15.3 Å². The van der Waals surface area contributed by atoms with E-state index in [1.807, 2.05) is 31.2 Å². The lowest BCUT2D eigenvalue weighted by Crippen LogP contribution is -2.29. The van der Waals surface area contributed by atoms with Crippen molar-refractivity contribution in [3.63, 3.8) is 0 Å². The molecule has 0 radical (unpaired) electrons. The summed E-state index contributed by atoms with van der Waals surface area (Å²) in [5, 5.41) is 8.76. The number of anilines is 2. The Morgan fingerprint density at radius 1 is 1.16 bits per heavy atom. The van der Waals surface area contributed by atoms with Crippen molar-refractivity contribution in [3.05, 3.63) is 53.7 Å². The Bertz CT molecular complexity index is 868. The van der Waals surface area contributed by atoms with Crippen LogP contribution in [0.3, 0.4) is 0 Å². The molecule has 4 N–H and O–H groups in total. The van der Waals surface area contributed by atoms with Gasteiger partial charge in [0.25, 0.3) is 5.91 Å². The molecule has 1 aliphatic carbocycles. The van der Waals surface area contributed by atoms with Crippen LogP contribution in [0.15, 0.2) is 42.6 Å². The number of pyridine rings is 1. The molecule has 1 fully saturated rings. The van der Waals surface area contributed by atoms with Gasteiger partial charge in [-0.3, -0.25) is 14.9 Å². The van der Waals surface area contributed by atoms with Crippen LogP contribution in [0.5, 0.6) is 0 Å². The van der Waals surface area contributed by atoms with Gasteiger partial charge < -0.3 is 10.6 Å². The third-order valence-electron chi connectivity index (χ3n) is 5.21. The van der Waals surface area contributed by atoms with Gasteiger partial charge in [-0.05, 0) is 55.0 Å². The smallest absolute Gasteiger partial charge is 0.320 e. The molecule has 0 unspecified atom stereocenters. The first-order valence-electron chi connectivity index (χ1n) is 10.9. The van der Waals surface area contributed by atoms with Crippen LogP contribution < -0.4 is 21.4 Å². The Morgan fingerprint density at radius 3 is 2.77 bits per heavy atom. The van der Waals surface area contributed by atoms with Gasteiger partial charge in [-0.15, -0.1) is 0 Å². The second-order valence-electron chi connectivity index (χ2n) is 7.72. The summed E-state index contributed by atoms with van der Waals surface area (Å²) in [5.41, 5.74) is 4.71. The topological polar surface area (TPSA) is 104 Å². The Kier molecular flexibility index (Phi) is 8.66. The number of urea groups is 1. The molecule has 3 amide bonds. The SMILES string of the molecule is CCCNC(=O)Nc1cc(CNc2ccccc2C(=O)NOCC2CCCC2)ccn1. The van der Waals surface area contributed by atoms with Gasteiger partial charge in [0.05, 0.1) is 12.2 Å². The number of hydrogen-bond acceptors (Lipinski definition) is 5. The fraction of sp³-hybridized carbons (Fsp3) is 0.435. The van der Waals surface area contributed by atoms with E-state index in [0.717, 1.165) is 24.8 Å². The van der Waals surface area contributed by atoms with E-state index in [1.54, 1.807) is 18.3 Å². The monoisotopic (exact) mass is 425 g/mol. The largest absolute Gasteiger partial charge is 0.380 e. The third kappa shape index (κ3) is 7.25. The fourth-order valence-electron chi connectivity index (χ4n) is 3.54. The first-order valence-corrected chi connectivity index (χ1v) is 10.9. The standard InChI is InChI=1S/C23H31N5O3/c1-2-12-25-23(30)27-21-14-18(11-13-24-21)15-26-20-10-6-5-9-19(20)22(29)28-31-16-17-7-3-4-8-17/h5-6,9-11,13-14,17,26H,2-4,7-8,12,15-16H2,1H3,(H,28,29)(H2,24,25,27,30). The summed E-state index contributed by atoms with van der Waals surface area (Å²) >= 11 is 0. The van der Waals surface area contributed by atoms with E-state index in [-0.39, 0.29) is 11.9 Å². The average Bonchev–Trinajstić information content (AvgIpc) is 3.30. The molecule has 0 saturated heterocycles. The van der Waals surface area contributed by atoms with Crippen LogP contribution in [0, 0.1) is 5.92 Å². The molecule has 3 rings (SSSR count). The number of amides is 3. The first kappa shape index (κ1) is 22.6. The molecule has 166 valence electrons. The van der Waals surface area contributed by atoms with Crippen molar-refractivity contribution < 1.29 is 14.4 Å². The number of benzene rings is 1. The number of hydroxylamine groups is 1. The molecule has 1 aliphatic rings. The zero-order chi connectivity index (χ0) is 21.9. The summed E-state index contributed by atoms with van der Waals surface area (Å²) in [7, 11) is 0. The maximum Gasteiger partial charge on any atom is 0.320 e. The molecule has 1 saturated carbocycles. The molecule has 0 aliphatic heterocycles. The van der Waals surface area contributed by atoms with Gasteiger partial charge in [0, 0.05) is 25.0 Å². The van der Waals surface area contributed by atoms with Gasteiger partial charge in [-0.2, -0.15) is 0 Å². The fourth-order valence-corrected chi connectivity index (χ4v) is 3.54. The van der Waals surface area contributed by atoms with Crippen LogP contribution in [0.2, 0.25) is 0 Å². The maximum absolute atomic E-state index is 12.6. The first-order chi connectivity index (χ1) is 15.2. The molecule has 8 nitrogen and oxygen atoms in total. The average molecular weight is 426 g/mol. The number of nitrogens with zero attached hydrogens (tertiary/aromatic N) is 1. The highest BCUT2D eigenvalue weighted by atomic mass is 16.6. The highest BCUT2D eigenvalue weighted by molar-refractivity contribution is 5.99. The molecule has 31 heavy (non-hydrogen) atoms. The normalized spacial score (nSPS) is 13.6. The minimum absolute atomic E-state index is 0.272. The zero-order valence-electron chi connectivity index (χ0n) is 17.9. The highest BCUT2D eigenvalue weighted by Gasteiger charge is 2.16. The van der Waals surface area contributed by atoms with Crippen LogP contribution in [0.4, 0.5) is 16.3 Å². The molecule has 1 aromatic carbocycles. The molecule has 0 spiro atoms. The molecular weight excluding hydrogens is 394 g/mol. The van der Waals surface area contributed by atoms with Crippen molar-refractivity contribution >= 4 is 23.4 Å². The number of hydrogen-bond donors (Lipinski definition) is 4. The molecule has 0 atom stereocenters. The quantitative estimate of drug-likeness (QED) is 0.430. The van der Waals surface area contributed by atoms with Crippen LogP contribution in [-0.2, 0) is 11.4 Å². The predicted molar refractivity (Wildman–Crippen MR) is 121 cm³/mol. The van der Waals surface area contributed by atoms with Crippen molar-refractivity contribution in [2.45, 2.75) is 45.6 Å². The number of nitrogens with one attached hydrogen (secondary N) is 4. The summed E-state index contributed by atoms with van der Waals surface area (Å²) in [5.74, 6) is 0.734. The third-order valence-corrected chi connectivity index (χ3v) is 5.21.